The number of amides is 2. The summed E-state index contributed by atoms with van der Waals surface area (Å²) >= 11 is 0. The van der Waals surface area contributed by atoms with Gasteiger partial charge in [-0.1, -0.05) is 34.6 Å². The van der Waals surface area contributed by atoms with Gasteiger partial charge in [0.2, 0.25) is 11.8 Å². The van der Waals surface area contributed by atoms with Gasteiger partial charge in [-0.3, -0.25) is 9.59 Å². The van der Waals surface area contributed by atoms with Gasteiger partial charge in [0.05, 0.1) is 12.6 Å². The highest BCUT2D eigenvalue weighted by Crippen LogP contribution is 2.64. The average Bonchev–Trinajstić information content (AvgIpc) is 2.79. The van der Waals surface area contributed by atoms with Gasteiger partial charge in [-0.25, -0.2) is 0 Å². The molecular formula is C16H27N3O3. The Morgan fingerprint density at radius 1 is 1.41 bits per heavy atom. The van der Waals surface area contributed by atoms with Crippen molar-refractivity contribution >= 4 is 18.1 Å². The SMILES string of the molecule is CC(C)(C)[C@H](N)C(=O)N1C[C@H]2[C@@H]([C@H]1C(=O)NCC=O)C2(C)C. The molecule has 6 nitrogen and oxygen atoms in total. The molecule has 0 aromatic rings. The molecule has 3 N–H and O–H groups in total. The van der Waals surface area contributed by atoms with E-state index in [0.717, 1.165) is 0 Å². The fraction of sp³-hybridized carbons (Fsp3) is 0.812. The predicted molar refractivity (Wildman–Crippen MR) is 82.8 cm³/mol. The van der Waals surface area contributed by atoms with Gasteiger partial charge in [0, 0.05) is 6.54 Å². The molecule has 124 valence electrons. The molecule has 0 bridgehead atoms. The van der Waals surface area contributed by atoms with Gasteiger partial charge in [-0.2, -0.15) is 0 Å². The van der Waals surface area contributed by atoms with Crippen LogP contribution in [0.25, 0.3) is 0 Å². The third kappa shape index (κ3) is 2.64. The third-order valence-electron chi connectivity index (χ3n) is 5.32. The molecule has 1 aliphatic heterocycles. The van der Waals surface area contributed by atoms with Crippen LogP contribution in [0.15, 0.2) is 0 Å². The van der Waals surface area contributed by atoms with Crippen molar-refractivity contribution < 1.29 is 14.4 Å². The van der Waals surface area contributed by atoms with Crippen LogP contribution in [0.3, 0.4) is 0 Å². The number of likely N-dealkylation sites (tertiary alicyclic amines) is 1. The van der Waals surface area contributed by atoms with E-state index >= 15 is 0 Å². The van der Waals surface area contributed by atoms with Crippen LogP contribution in [-0.4, -0.2) is 48.2 Å². The first-order valence-corrected chi connectivity index (χ1v) is 7.81. The van der Waals surface area contributed by atoms with Crippen molar-refractivity contribution in [2.45, 2.75) is 46.7 Å². The van der Waals surface area contributed by atoms with Gasteiger partial charge in [0.1, 0.15) is 12.3 Å². The van der Waals surface area contributed by atoms with Crippen molar-refractivity contribution in [3.63, 3.8) is 0 Å². The number of nitrogens with two attached hydrogens (primary N) is 1. The van der Waals surface area contributed by atoms with E-state index in [1.54, 1.807) is 4.90 Å². The molecule has 2 amide bonds. The highest BCUT2D eigenvalue weighted by atomic mass is 16.2. The number of carbonyl (C=O) groups excluding carboxylic acids is 3. The summed E-state index contributed by atoms with van der Waals surface area (Å²) in [4.78, 5) is 37.2. The predicted octanol–water partition coefficient (Wildman–Crippen LogP) is 0.158. The van der Waals surface area contributed by atoms with Crippen LogP contribution in [0.4, 0.5) is 0 Å². The Hall–Kier alpha value is -1.43. The van der Waals surface area contributed by atoms with Crippen LogP contribution in [-0.2, 0) is 14.4 Å². The highest BCUT2D eigenvalue weighted by Gasteiger charge is 2.69. The molecule has 0 radical (unpaired) electrons. The number of fused-ring (bicyclic) bond motifs is 1. The smallest absolute Gasteiger partial charge is 0.243 e. The Morgan fingerprint density at radius 3 is 2.50 bits per heavy atom. The van der Waals surface area contributed by atoms with Crippen molar-refractivity contribution in [1.29, 1.82) is 0 Å². The Morgan fingerprint density at radius 2 is 2.00 bits per heavy atom. The largest absolute Gasteiger partial charge is 0.348 e. The van der Waals surface area contributed by atoms with E-state index in [2.05, 4.69) is 19.2 Å². The molecule has 0 aromatic carbocycles. The van der Waals surface area contributed by atoms with E-state index in [1.165, 1.54) is 0 Å². The van der Waals surface area contributed by atoms with Crippen LogP contribution < -0.4 is 11.1 Å². The molecule has 22 heavy (non-hydrogen) atoms. The maximum atomic E-state index is 12.7. The molecule has 1 heterocycles. The molecule has 2 aliphatic rings. The summed E-state index contributed by atoms with van der Waals surface area (Å²) in [6.45, 7) is 10.5. The summed E-state index contributed by atoms with van der Waals surface area (Å²) in [7, 11) is 0. The third-order valence-corrected chi connectivity index (χ3v) is 5.32. The van der Waals surface area contributed by atoms with Gasteiger partial charge in [0.15, 0.2) is 0 Å². The van der Waals surface area contributed by atoms with Crippen molar-refractivity contribution in [2.75, 3.05) is 13.1 Å². The first kappa shape index (κ1) is 16.9. The Bertz CT molecular complexity index is 495. The summed E-state index contributed by atoms with van der Waals surface area (Å²) in [6.07, 6.45) is 0.648. The number of hydrogen-bond acceptors (Lipinski definition) is 4. The zero-order valence-corrected chi connectivity index (χ0v) is 14.1. The maximum absolute atomic E-state index is 12.7. The van der Waals surface area contributed by atoms with Crippen molar-refractivity contribution in [1.82, 2.24) is 10.2 Å². The average molecular weight is 309 g/mol. The van der Waals surface area contributed by atoms with Gasteiger partial charge >= 0.3 is 0 Å². The summed E-state index contributed by atoms with van der Waals surface area (Å²) in [5.74, 6) is 0.0484. The van der Waals surface area contributed by atoms with Gasteiger partial charge < -0.3 is 20.7 Å². The van der Waals surface area contributed by atoms with Gasteiger partial charge in [-0.05, 0) is 22.7 Å². The van der Waals surface area contributed by atoms with Crippen molar-refractivity contribution in [3.05, 3.63) is 0 Å². The molecular weight excluding hydrogens is 282 g/mol. The number of aldehydes is 1. The second-order valence-electron chi connectivity index (χ2n) is 8.14. The Balaban J connectivity index is 2.19. The lowest BCUT2D eigenvalue weighted by Crippen LogP contribution is -2.57. The normalized spacial score (nSPS) is 30.5. The molecule has 2 rings (SSSR count). The van der Waals surface area contributed by atoms with Crippen LogP contribution in [0, 0.1) is 22.7 Å². The molecule has 1 aliphatic carbocycles. The fourth-order valence-electron chi connectivity index (χ4n) is 3.61. The molecule has 1 saturated carbocycles. The quantitative estimate of drug-likeness (QED) is 0.723. The van der Waals surface area contributed by atoms with Crippen molar-refractivity contribution in [3.8, 4) is 0 Å². The summed E-state index contributed by atoms with van der Waals surface area (Å²) < 4.78 is 0. The van der Waals surface area contributed by atoms with Crippen molar-refractivity contribution in [2.24, 2.45) is 28.4 Å². The minimum atomic E-state index is -0.644. The molecule has 2 fully saturated rings. The summed E-state index contributed by atoms with van der Waals surface area (Å²) in [6, 6.07) is -1.16. The lowest BCUT2D eigenvalue weighted by atomic mass is 9.86. The number of nitrogens with one attached hydrogen (secondary N) is 1. The zero-order valence-electron chi connectivity index (χ0n) is 14.1. The lowest BCUT2D eigenvalue weighted by Gasteiger charge is -2.35. The van der Waals surface area contributed by atoms with Crippen LogP contribution in [0.2, 0.25) is 0 Å². The number of rotatable bonds is 4. The molecule has 0 unspecified atom stereocenters. The van der Waals surface area contributed by atoms with E-state index in [0.29, 0.717) is 18.7 Å². The maximum Gasteiger partial charge on any atom is 0.243 e. The highest BCUT2D eigenvalue weighted by molar-refractivity contribution is 5.92. The molecule has 6 heteroatoms. The first-order chi connectivity index (χ1) is 10.0. The minimum Gasteiger partial charge on any atom is -0.348 e. The number of nitrogens with zero attached hydrogens (tertiary/aromatic N) is 1. The number of carbonyl (C=O) groups is 3. The van der Waals surface area contributed by atoms with Crippen LogP contribution in [0.1, 0.15) is 34.6 Å². The van der Waals surface area contributed by atoms with Crippen LogP contribution >= 0.6 is 0 Å². The summed E-state index contributed by atoms with van der Waals surface area (Å²) in [5, 5.41) is 2.59. The Kier molecular flexibility index (Phi) is 4.11. The van der Waals surface area contributed by atoms with Gasteiger partial charge in [0.25, 0.3) is 0 Å². The molecule has 4 atom stereocenters. The molecule has 0 spiro atoms. The monoisotopic (exact) mass is 309 g/mol. The van der Waals surface area contributed by atoms with E-state index < -0.39 is 12.1 Å². The van der Waals surface area contributed by atoms with Gasteiger partial charge in [-0.15, -0.1) is 0 Å². The first-order valence-electron chi connectivity index (χ1n) is 7.81. The zero-order chi connectivity index (χ0) is 16.9. The van der Waals surface area contributed by atoms with E-state index in [1.807, 2.05) is 20.8 Å². The fourth-order valence-corrected chi connectivity index (χ4v) is 3.61. The lowest BCUT2D eigenvalue weighted by molar-refractivity contribution is -0.143. The standard InChI is InChI=1S/C16H27N3O3/c1-15(2,3)12(17)14(22)19-8-9-10(16(9,4)5)11(19)13(21)18-6-7-20/h7,9-12H,6,8,17H2,1-5H3,(H,18,21)/t9-,10-,11-,12+/m0/s1. The number of hydrogen-bond donors (Lipinski definition) is 2. The molecule has 0 aromatic heterocycles. The van der Waals surface area contributed by atoms with Crippen LogP contribution in [0.5, 0.6) is 0 Å². The Labute approximate surface area is 131 Å². The number of piperidine rings is 1. The topological polar surface area (TPSA) is 92.5 Å². The second-order valence-corrected chi connectivity index (χ2v) is 8.14. The summed E-state index contributed by atoms with van der Waals surface area (Å²) in [5.41, 5.74) is 5.79. The van der Waals surface area contributed by atoms with E-state index in [4.69, 9.17) is 5.73 Å². The minimum absolute atomic E-state index is 0.0273. The molecule has 1 saturated heterocycles. The second kappa shape index (κ2) is 5.33. The van der Waals surface area contributed by atoms with E-state index in [9.17, 15) is 14.4 Å². The van der Waals surface area contributed by atoms with E-state index in [-0.39, 0.29) is 35.1 Å².